The molecule has 0 spiro atoms. The van der Waals surface area contributed by atoms with Crippen molar-refractivity contribution in [1.29, 1.82) is 0 Å². The maximum absolute atomic E-state index is 13.0. The molecule has 138 valence electrons. The van der Waals surface area contributed by atoms with E-state index in [9.17, 15) is 9.18 Å². The van der Waals surface area contributed by atoms with Gasteiger partial charge in [-0.15, -0.1) is 12.3 Å². The summed E-state index contributed by atoms with van der Waals surface area (Å²) < 4.78 is 13.0. The number of likely N-dealkylation sites (tertiary alicyclic amines) is 1. The lowest BCUT2D eigenvalue weighted by molar-refractivity contribution is -0.122. The minimum Gasteiger partial charge on any atom is -0.353 e. The van der Waals surface area contributed by atoms with E-state index < -0.39 is 0 Å². The fourth-order valence-electron chi connectivity index (χ4n) is 3.37. The molecule has 0 radical (unpaired) electrons. The van der Waals surface area contributed by atoms with Crippen molar-refractivity contribution in [3.8, 4) is 12.3 Å². The second-order valence-corrected chi connectivity index (χ2v) is 7.13. The van der Waals surface area contributed by atoms with Gasteiger partial charge in [0.05, 0.1) is 0 Å². The third-order valence-corrected chi connectivity index (χ3v) is 5.08. The van der Waals surface area contributed by atoms with Crippen molar-refractivity contribution in [2.24, 2.45) is 10.2 Å². The second-order valence-electron chi connectivity index (χ2n) is 7.13. The number of rotatable bonds is 8. The molecule has 1 aromatic rings. The molecule has 0 atom stereocenters. The van der Waals surface area contributed by atoms with E-state index in [4.69, 9.17) is 6.42 Å². The smallest absolute Gasteiger partial charge is 0.220 e. The number of carbonyl (C=O) groups is 1. The molecule has 0 aromatic heterocycles. The van der Waals surface area contributed by atoms with Crippen LogP contribution in [0, 0.1) is 18.2 Å². The van der Waals surface area contributed by atoms with Crippen LogP contribution in [-0.2, 0) is 11.3 Å². The molecule has 6 heteroatoms. The van der Waals surface area contributed by atoms with Gasteiger partial charge in [0, 0.05) is 51.4 Å². The number of nitrogens with one attached hydrogen (secondary N) is 1. The lowest BCUT2D eigenvalue weighted by atomic mass is 10.0. The van der Waals surface area contributed by atoms with E-state index in [1.807, 2.05) is 12.1 Å². The Labute approximate surface area is 154 Å². The number of piperidine rings is 1. The van der Waals surface area contributed by atoms with Gasteiger partial charge < -0.3 is 5.32 Å². The third kappa shape index (κ3) is 5.37. The molecule has 2 aliphatic heterocycles. The third-order valence-electron chi connectivity index (χ3n) is 5.08. The van der Waals surface area contributed by atoms with Crippen molar-refractivity contribution >= 4 is 5.91 Å². The summed E-state index contributed by atoms with van der Waals surface area (Å²) >= 11 is 0. The van der Waals surface area contributed by atoms with E-state index in [1.165, 1.54) is 12.1 Å². The molecule has 1 fully saturated rings. The summed E-state index contributed by atoms with van der Waals surface area (Å²) in [6.07, 6.45) is 9.60. The molecule has 1 amide bonds. The van der Waals surface area contributed by atoms with Gasteiger partial charge >= 0.3 is 0 Å². The first-order valence-corrected chi connectivity index (χ1v) is 9.22. The van der Waals surface area contributed by atoms with Crippen LogP contribution in [0.5, 0.6) is 0 Å². The van der Waals surface area contributed by atoms with Crippen LogP contribution in [-0.4, -0.2) is 35.6 Å². The van der Waals surface area contributed by atoms with Crippen LogP contribution in [0.3, 0.4) is 0 Å². The van der Waals surface area contributed by atoms with Gasteiger partial charge in [-0.25, -0.2) is 4.39 Å². The van der Waals surface area contributed by atoms with E-state index in [1.54, 1.807) is 0 Å². The van der Waals surface area contributed by atoms with Gasteiger partial charge in [0.25, 0.3) is 0 Å². The Bertz CT molecular complexity index is 681. The molecular weight excluding hydrogens is 331 g/mol. The average Bonchev–Trinajstić information content (AvgIpc) is 3.42. The highest BCUT2D eigenvalue weighted by molar-refractivity contribution is 5.76. The van der Waals surface area contributed by atoms with Gasteiger partial charge in [0.2, 0.25) is 5.91 Å². The Morgan fingerprint density at radius 1 is 1.27 bits per heavy atom. The molecule has 5 nitrogen and oxygen atoms in total. The van der Waals surface area contributed by atoms with Crippen molar-refractivity contribution in [1.82, 2.24) is 10.2 Å². The quantitative estimate of drug-likeness (QED) is 0.727. The number of nitrogens with zero attached hydrogens (tertiary/aromatic N) is 3. The molecule has 26 heavy (non-hydrogen) atoms. The van der Waals surface area contributed by atoms with Crippen LogP contribution < -0.4 is 5.32 Å². The summed E-state index contributed by atoms with van der Waals surface area (Å²) in [5, 5.41) is 11.3. The first kappa shape index (κ1) is 18.5. The molecule has 1 saturated heterocycles. The summed E-state index contributed by atoms with van der Waals surface area (Å²) in [5.74, 6) is 2.46. The number of carbonyl (C=O) groups excluding carboxylic acids is 1. The number of halogens is 1. The van der Waals surface area contributed by atoms with Crippen LogP contribution >= 0.6 is 0 Å². The Morgan fingerprint density at radius 2 is 1.96 bits per heavy atom. The van der Waals surface area contributed by atoms with Crippen LogP contribution in [0.4, 0.5) is 4.39 Å². The summed E-state index contributed by atoms with van der Waals surface area (Å²) in [5.41, 5.74) is 0.727. The van der Waals surface area contributed by atoms with E-state index in [0.717, 1.165) is 44.5 Å². The molecule has 0 bridgehead atoms. The number of hydrogen-bond donors (Lipinski definition) is 1. The summed E-state index contributed by atoms with van der Waals surface area (Å²) in [6, 6.07) is 6.87. The van der Waals surface area contributed by atoms with Gasteiger partial charge in [0.1, 0.15) is 5.82 Å². The van der Waals surface area contributed by atoms with Gasteiger partial charge in [-0.2, -0.15) is 10.2 Å². The van der Waals surface area contributed by atoms with E-state index in [2.05, 4.69) is 26.4 Å². The van der Waals surface area contributed by atoms with Crippen LogP contribution in [0.15, 0.2) is 34.5 Å². The van der Waals surface area contributed by atoms with Gasteiger partial charge in [0.15, 0.2) is 5.66 Å². The monoisotopic (exact) mass is 356 g/mol. The highest BCUT2D eigenvalue weighted by Gasteiger charge is 2.39. The SMILES string of the molecule is C#CCCC1(CCC(=O)NC2CCN(Cc3ccc(F)cc3)CC2)N=N1. The van der Waals surface area contributed by atoms with Gasteiger partial charge in [-0.05, 0) is 30.5 Å². The minimum atomic E-state index is -0.387. The van der Waals surface area contributed by atoms with Crippen LogP contribution in [0.2, 0.25) is 0 Å². The lowest BCUT2D eigenvalue weighted by Crippen LogP contribution is -2.44. The Morgan fingerprint density at radius 3 is 2.58 bits per heavy atom. The van der Waals surface area contributed by atoms with E-state index >= 15 is 0 Å². The first-order valence-electron chi connectivity index (χ1n) is 9.22. The van der Waals surface area contributed by atoms with E-state index in [-0.39, 0.29) is 23.4 Å². The van der Waals surface area contributed by atoms with Gasteiger partial charge in [-0.1, -0.05) is 12.1 Å². The maximum Gasteiger partial charge on any atom is 0.220 e. The molecule has 0 unspecified atom stereocenters. The molecule has 3 rings (SSSR count). The second kappa shape index (κ2) is 8.41. The largest absolute Gasteiger partial charge is 0.353 e. The van der Waals surface area contributed by atoms with Crippen molar-refractivity contribution in [3.05, 3.63) is 35.6 Å². The predicted molar refractivity (Wildman–Crippen MR) is 97.7 cm³/mol. The molecule has 1 N–H and O–H groups in total. The number of terminal acetylenes is 1. The molecular formula is C20H25FN4O. The Kier molecular flexibility index (Phi) is 6.00. The average molecular weight is 356 g/mol. The van der Waals surface area contributed by atoms with Crippen LogP contribution in [0.1, 0.15) is 44.1 Å². The zero-order valence-electron chi connectivity index (χ0n) is 15.0. The zero-order chi connectivity index (χ0) is 18.4. The molecule has 0 aliphatic carbocycles. The fourth-order valence-corrected chi connectivity index (χ4v) is 3.37. The first-order chi connectivity index (χ1) is 12.6. The topological polar surface area (TPSA) is 57.1 Å². The van der Waals surface area contributed by atoms with Crippen molar-refractivity contribution in [2.75, 3.05) is 13.1 Å². The minimum absolute atomic E-state index is 0.0689. The normalized spacial score (nSPS) is 19.1. The van der Waals surface area contributed by atoms with E-state index in [0.29, 0.717) is 19.3 Å². The summed E-state index contributed by atoms with van der Waals surface area (Å²) in [4.78, 5) is 14.5. The standard InChI is InChI=1S/C20H25FN4O/c1-2-3-11-20(23-24-20)12-8-19(26)22-18-9-13-25(14-10-18)15-16-4-6-17(21)7-5-16/h1,4-7,18H,3,8-15H2,(H,22,26). The zero-order valence-corrected chi connectivity index (χ0v) is 15.0. The maximum atomic E-state index is 13.0. The summed E-state index contributed by atoms with van der Waals surface area (Å²) in [7, 11) is 0. The predicted octanol–water partition coefficient (Wildman–Crippen LogP) is 3.26. The van der Waals surface area contributed by atoms with Crippen molar-refractivity contribution in [3.63, 3.8) is 0 Å². The number of hydrogen-bond acceptors (Lipinski definition) is 4. The highest BCUT2D eigenvalue weighted by atomic mass is 19.1. The highest BCUT2D eigenvalue weighted by Crippen LogP contribution is 2.37. The lowest BCUT2D eigenvalue weighted by Gasteiger charge is -2.32. The molecule has 2 aliphatic rings. The Hall–Kier alpha value is -2.26. The molecule has 2 heterocycles. The van der Waals surface area contributed by atoms with Gasteiger partial charge in [-0.3, -0.25) is 9.69 Å². The molecule has 0 saturated carbocycles. The molecule has 1 aromatic carbocycles. The Balaban J connectivity index is 1.34. The number of amides is 1. The number of benzene rings is 1. The van der Waals surface area contributed by atoms with Crippen molar-refractivity contribution < 1.29 is 9.18 Å². The fraction of sp³-hybridized carbons (Fsp3) is 0.550. The summed E-state index contributed by atoms with van der Waals surface area (Å²) in [6.45, 7) is 2.68. The van der Waals surface area contributed by atoms with Crippen molar-refractivity contribution in [2.45, 2.75) is 56.8 Å². The van der Waals surface area contributed by atoms with Crippen LogP contribution in [0.25, 0.3) is 0 Å².